The molecule has 1 aromatic carbocycles. The van der Waals surface area contributed by atoms with E-state index in [-0.39, 0.29) is 17.4 Å². The Morgan fingerprint density at radius 3 is 2.58 bits per heavy atom. The lowest BCUT2D eigenvalue weighted by Gasteiger charge is -2.35. The van der Waals surface area contributed by atoms with Crippen LogP contribution in [0.3, 0.4) is 0 Å². The maximum absolute atomic E-state index is 15.0. The molecule has 3 aromatic rings. The molecule has 31 heavy (non-hydrogen) atoms. The van der Waals surface area contributed by atoms with Crippen LogP contribution in [0.15, 0.2) is 71.4 Å². The Balaban J connectivity index is 1.77. The van der Waals surface area contributed by atoms with Gasteiger partial charge in [0.25, 0.3) is 5.92 Å². The smallest absolute Gasteiger partial charge is 0.284 e. The van der Waals surface area contributed by atoms with Gasteiger partial charge in [-0.1, -0.05) is 18.2 Å². The Kier molecular flexibility index (Phi) is 4.24. The predicted octanol–water partition coefficient (Wildman–Crippen LogP) is 2.60. The number of alkyl halides is 2. The van der Waals surface area contributed by atoms with Gasteiger partial charge < -0.3 is 5.73 Å². The van der Waals surface area contributed by atoms with Crippen LogP contribution >= 0.6 is 0 Å². The number of nitrogens with zero attached hydrogens (tertiary/aromatic N) is 6. The first-order valence-electron chi connectivity index (χ1n) is 9.42. The molecule has 0 spiro atoms. The van der Waals surface area contributed by atoms with E-state index in [0.717, 1.165) is 22.2 Å². The standard InChI is InChI=1S/C21H16F3N7/c22-17-9-26-5-4-16(17)21(18-29-10-20(23,24)11-31(18)19(25)30-21)15-3-1-2-13(6-15)14-7-27-12-28-8-14/h1-9,12H,10-11H2,(H2,25,30). The molecule has 0 saturated heterocycles. The number of hydrogen-bond donors (Lipinski definition) is 1. The summed E-state index contributed by atoms with van der Waals surface area (Å²) in [6.07, 6.45) is 7.17. The Morgan fingerprint density at radius 1 is 1.00 bits per heavy atom. The number of benzene rings is 1. The molecule has 1 unspecified atom stereocenters. The molecule has 0 fully saturated rings. The fourth-order valence-corrected chi connectivity index (χ4v) is 3.98. The van der Waals surface area contributed by atoms with Crippen molar-refractivity contribution in [2.24, 2.45) is 15.7 Å². The summed E-state index contributed by atoms with van der Waals surface area (Å²) in [5, 5.41) is 0. The molecule has 0 aliphatic carbocycles. The van der Waals surface area contributed by atoms with Gasteiger partial charge in [-0.15, -0.1) is 0 Å². The lowest BCUT2D eigenvalue weighted by molar-refractivity contribution is -0.00438. The number of rotatable bonds is 3. The maximum atomic E-state index is 15.0. The first-order chi connectivity index (χ1) is 14.9. The summed E-state index contributed by atoms with van der Waals surface area (Å²) in [7, 11) is 0. The van der Waals surface area contributed by atoms with E-state index in [2.05, 4.69) is 24.9 Å². The zero-order valence-corrected chi connectivity index (χ0v) is 16.1. The summed E-state index contributed by atoms with van der Waals surface area (Å²) in [6, 6.07) is 8.60. The molecule has 156 valence electrons. The molecule has 0 bridgehead atoms. The summed E-state index contributed by atoms with van der Waals surface area (Å²) < 4.78 is 43.2. The van der Waals surface area contributed by atoms with E-state index < -0.39 is 30.4 Å². The van der Waals surface area contributed by atoms with Crippen molar-refractivity contribution >= 4 is 11.8 Å². The van der Waals surface area contributed by atoms with Crippen LogP contribution < -0.4 is 5.73 Å². The Hall–Kier alpha value is -3.82. The zero-order valence-electron chi connectivity index (χ0n) is 16.1. The van der Waals surface area contributed by atoms with Crippen LogP contribution in [-0.4, -0.2) is 50.7 Å². The first kappa shape index (κ1) is 19.2. The minimum absolute atomic E-state index is 0.123. The van der Waals surface area contributed by atoms with Gasteiger partial charge in [0.1, 0.15) is 24.5 Å². The number of hydrogen-bond acceptors (Lipinski definition) is 7. The third-order valence-electron chi connectivity index (χ3n) is 5.32. The largest absolute Gasteiger partial charge is 0.369 e. The van der Waals surface area contributed by atoms with E-state index in [1.165, 1.54) is 18.6 Å². The summed E-state index contributed by atoms with van der Waals surface area (Å²) in [5.74, 6) is -3.71. The molecule has 7 nitrogen and oxygen atoms in total. The lowest BCUT2D eigenvalue weighted by atomic mass is 9.81. The second-order valence-corrected chi connectivity index (χ2v) is 7.33. The van der Waals surface area contributed by atoms with Crippen LogP contribution in [-0.2, 0) is 5.54 Å². The highest BCUT2D eigenvalue weighted by Crippen LogP contribution is 2.44. The molecule has 2 aliphatic heterocycles. The van der Waals surface area contributed by atoms with Crippen molar-refractivity contribution in [1.29, 1.82) is 0 Å². The van der Waals surface area contributed by atoms with Gasteiger partial charge in [-0.2, -0.15) is 0 Å². The fourth-order valence-electron chi connectivity index (χ4n) is 3.98. The first-order valence-corrected chi connectivity index (χ1v) is 9.42. The average Bonchev–Trinajstić information content (AvgIpc) is 3.06. The van der Waals surface area contributed by atoms with Crippen molar-refractivity contribution in [3.63, 3.8) is 0 Å². The van der Waals surface area contributed by atoms with Crippen molar-refractivity contribution in [1.82, 2.24) is 19.9 Å². The van der Waals surface area contributed by atoms with Crippen LogP contribution in [0.2, 0.25) is 0 Å². The number of amidine groups is 1. The normalized spacial score (nSPS) is 22.0. The molecule has 4 heterocycles. The second kappa shape index (κ2) is 6.86. The monoisotopic (exact) mass is 423 g/mol. The minimum atomic E-state index is -3.07. The molecule has 2 aliphatic rings. The number of aliphatic imine (C=N–C) groups is 2. The number of nitrogens with two attached hydrogens (primary N) is 1. The van der Waals surface area contributed by atoms with Gasteiger partial charge in [-0.05, 0) is 23.3 Å². The summed E-state index contributed by atoms with van der Waals surface area (Å²) >= 11 is 0. The molecule has 0 amide bonds. The predicted molar refractivity (Wildman–Crippen MR) is 108 cm³/mol. The minimum Gasteiger partial charge on any atom is -0.369 e. The Morgan fingerprint density at radius 2 is 1.81 bits per heavy atom. The van der Waals surface area contributed by atoms with Gasteiger partial charge in [0.15, 0.2) is 11.5 Å². The highest BCUT2D eigenvalue weighted by atomic mass is 19.3. The Labute approximate surface area is 175 Å². The van der Waals surface area contributed by atoms with Gasteiger partial charge in [0.05, 0.1) is 12.7 Å². The molecule has 10 heteroatoms. The summed E-state index contributed by atoms with van der Waals surface area (Å²) in [5.41, 5.74) is 6.67. The van der Waals surface area contributed by atoms with E-state index in [9.17, 15) is 8.78 Å². The molecule has 2 N–H and O–H groups in total. The van der Waals surface area contributed by atoms with Crippen molar-refractivity contribution in [2.45, 2.75) is 11.5 Å². The average molecular weight is 423 g/mol. The molecule has 1 atom stereocenters. The quantitative estimate of drug-likeness (QED) is 0.699. The number of halogens is 3. The van der Waals surface area contributed by atoms with Crippen molar-refractivity contribution in [3.05, 3.63) is 78.4 Å². The van der Waals surface area contributed by atoms with Crippen LogP contribution in [0.4, 0.5) is 13.2 Å². The van der Waals surface area contributed by atoms with Crippen molar-refractivity contribution in [2.75, 3.05) is 13.1 Å². The third kappa shape index (κ3) is 3.02. The van der Waals surface area contributed by atoms with Crippen molar-refractivity contribution < 1.29 is 13.2 Å². The summed E-state index contributed by atoms with van der Waals surface area (Å²) in [4.78, 5) is 21.7. The van der Waals surface area contributed by atoms with Gasteiger partial charge in [-0.3, -0.25) is 14.9 Å². The number of guanidine groups is 1. The molecule has 2 aromatic heterocycles. The van der Waals surface area contributed by atoms with E-state index in [1.807, 2.05) is 6.07 Å². The van der Waals surface area contributed by atoms with Gasteiger partial charge in [0.2, 0.25) is 0 Å². The molecule has 0 radical (unpaired) electrons. The number of aromatic nitrogens is 3. The molecular formula is C21H16F3N7. The summed E-state index contributed by atoms with van der Waals surface area (Å²) in [6.45, 7) is -1.41. The van der Waals surface area contributed by atoms with Crippen LogP contribution in [0.25, 0.3) is 11.1 Å². The molecule has 0 saturated carbocycles. The SMILES string of the molecule is NC1=NC(c2cccc(-c3cncnc3)c2)(c2ccncc2F)C2=NCC(F)(F)CN12. The van der Waals surface area contributed by atoms with Crippen LogP contribution in [0.5, 0.6) is 0 Å². The fraction of sp³-hybridized carbons (Fsp3) is 0.190. The second-order valence-electron chi connectivity index (χ2n) is 7.33. The van der Waals surface area contributed by atoms with Crippen LogP contribution in [0, 0.1) is 5.82 Å². The van der Waals surface area contributed by atoms with Crippen LogP contribution in [0.1, 0.15) is 11.1 Å². The highest BCUT2D eigenvalue weighted by Gasteiger charge is 2.54. The van der Waals surface area contributed by atoms with Gasteiger partial charge in [0, 0.05) is 29.7 Å². The molecule has 5 rings (SSSR count). The highest BCUT2D eigenvalue weighted by molar-refractivity contribution is 6.12. The van der Waals surface area contributed by atoms with Crippen molar-refractivity contribution in [3.8, 4) is 11.1 Å². The zero-order chi connectivity index (χ0) is 21.6. The maximum Gasteiger partial charge on any atom is 0.284 e. The Bertz CT molecular complexity index is 1210. The molecular weight excluding hydrogens is 407 g/mol. The van der Waals surface area contributed by atoms with E-state index >= 15 is 4.39 Å². The third-order valence-corrected chi connectivity index (χ3v) is 5.32. The van der Waals surface area contributed by atoms with E-state index in [0.29, 0.717) is 5.56 Å². The topological polar surface area (TPSA) is 92.6 Å². The lowest BCUT2D eigenvalue weighted by Crippen LogP contribution is -2.53. The van der Waals surface area contributed by atoms with E-state index in [4.69, 9.17) is 5.73 Å². The number of fused-ring (bicyclic) bond motifs is 1. The number of pyridine rings is 1. The van der Waals surface area contributed by atoms with E-state index in [1.54, 1.807) is 30.6 Å². The van der Waals surface area contributed by atoms with Gasteiger partial charge >= 0.3 is 0 Å². The van der Waals surface area contributed by atoms with Gasteiger partial charge in [-0.25, -0.2) is 28.1 Å².